The zero-order valence-electron chi connectivity index (χ0n) is 11.2. The van der Waals surface area contributed by atoms with Gasteiger partial charge in [0.1, 0.15) is 0 Å². The van der Waals surface area contributed by atoms with Crippen LogP contribution < -0.4 is 5.32 Å². The molecule has 0 bridgehead atoms. The molecule has 0 spiro atoms. The van der Waals surface area contributed by atoms with Crippen molar-refractivity contribution < 1.29 is 18.0 Å². The summed E-state index contributed by atoms with van der Waals surface area (Å²) in [5.74, 6) is -0.340. The number of amides is 1. The van der Waals surface area contributed by atoms with E-state index in [0.717, 1.165) is 25.1 Å². The molecule has 20 heavy (non-hydrogen) atoms. The highest BCUT2D eigenvalue weighted by atomic mass is 19.4. The quantitative estimate of drug-likeness (QED) is 0.926. The van der Waals surface area contributed by atoms with Crippen LogP contribution in [0.25, 0.3) is 0 Å². The van der Waals surface area contributed by atoms with Crippen LogP contribution in [-0.2, 0) is 6.18 Å². The number of nitrogens with one attached hydrogen (secondary N) is 1. The van der Waals surface area contributed by atoms with Crippen LogP contribution in [-0.4, -0.2) is 36.5 Å². The van der Waals surface area contributed by atoms with Gasteiger partial charge in [-0.1, -0.05) is 6.07 Å². The fourth-order valence-electron chi connectivity index (χ4n) is 2.47. The Morgan fingerprint density at radius 1 is 1.45 bits per heavy atom. The molecule has 1 aliphatic heterocycles. The number of carbonyl (C=O) groups is 1. The molecule has 6 heteroatoms. The average Bonchev–Trinajstić information content (AvgIpc) is 2.92. The monoisotopic (exact) mass is 286 g/mol. The predicted molar refractivity (Wildman–Crippen MR) is 69.4 cm³/mol. The first-order valence-electron chi connectivity index (χ1n) is 6.62. The van der Waals surface area contributed by atoms with Gasteiger partial charge in [0.2, 0.25) is 0 Å². The Kier molecular flexibility index (Phi) is 4.32. The number of nitrogens with zero attached hydrogens (tertiary/aromatic N) is 1. The van der Waals surface area contributed by atoms with E-state index in [1.54, 1.807) is 4.90 Å². The van der Waals surface area contributed by atoms with Gasteiger partial charge < -0.3 is 10.2 Å². The zero-order valence-corrected chi connectivity index (χ0v) is 11.2. The van der Waals surface area contributed by atoms with Gasteiger partial charge >= 0.3 is 6.18 Å². The minimum absolute atomic E-state index is 0.0574. The van der Waals surface area contributed by atoms with Gasteiger partial charge in [-0.3, -0.25) is 4.79 Å². The highest BCUT2D eigenvalue weighted by Crippen LogP contribution is 2.30. The van der Waals surface area contributed by atoms with E-state index >= 15 is 0 Å². The lowest BCUT2D eigenvalue weighted by molar-refractivity contribution is -0.137. The lowest BCUT2D eigenvalue weighted by Gasteiger charge is -2.27. The summed E-state index contributed by atoms with van der Waals surface area (Å²) < 4.78 is 38.0. The topological polar surface area (TPSA) is 32.3 Å². The summed E-state index contributed by atoms with van der Waals surface area (Å²) in [6, 6.07) is 4.67. The van der Waals surface area contributed by atoms with Crippen LogP contribution >= 0.6 is 0 Å². The first-order chi connectivity index (χ1) is 9.43. The number of rotatable bonds is 3. The van der Waals surface area contributed by atoms with Crippen LogP contribution in [0.4, 0.5) is 13.2 Å². The van der Waals surface area contributed by atoms with Gasteiger partial charge in [0, 0.05) is 24.7 Å². The molecule has 1 heterocycles. The molecule has 2 rings (SSSR count). The maximum absolute atomic E-state index is 12.7. The van der Waals surface area contributed by atoms with E-state index in [1.165, 1.54) is 12.1 Å². The van der Waals surface area contributed by atoms with E-state index in [9.17, 15) is 18.0 Å². The molecule has 3 nitrogen and oxygen atoms in total. The number of hydrogen-bond acceptors (Lipinski definition) is 2. The van der Waals surface area contributed by atoms with Crippen molar-refractivity contribution >= 4 is 5.91 Å². The summed E-state index contributed by atoms with van der Waals surface area (Å²) in [5, 5.41) is 3.16. The highest BCUT2D eigenvalue weighted by Gasteiger charge is 2.32. The molecule has 0 radical (unpaired) electrons. The molecule has 1 atom stereocenters. The molecule has 1 aliphatic rings. The molecule has 110 valence electrons. The van der Waals surface area contributed by atoms with Crippen molar-refractivity contribution in [2.24, 2.45) is 0 Å². The first-order valence-corrected chi connectivity index (χ1v) is 6.62. The number of hydrogen-bond donors (Lipinski definition) is 1. The van der Waals surface area contributed by atoms with Gasteiger partial charge in [0.15, 0.2) is 0 Å². The van der Waals surface area contributed by atoms with Gasteiger partial charge in [0.25, 0.3) is 5.91 Å². The summed E-state index contributed by atoms with van der Waals surface area (Å²) in [5.41, 5.74) is -0.697. The normalized spacial score (nSPS) is 19.1. The van der Waals surface area contributed by atoms with E-state index in [4.69, 9.17) is 0 Å². The minimum atomic E-state index is -4.43. The number of halogens is 3. The van der Waals surface area contributed by atoms with Gasteiger partial charge in [0.05, 0.1) is 5.56 Å². The summed E-state index contributed by atoms with van der Waals surface area (Å²) in [4.78, 5) is 14.0. The standard InChI is InChI=1S/C14H17F3N2O/c1-2-19(12-6-7-18-9-12)13(20)10-4-3-5-11(8-10)14(15,16)17/h3-5,8,12,18H,2,6-7,9H2,1H3. The van der Waals surface area contributed by atoms with Gasteiger partial charge in [-0.05, 0) is 38.1 Å². The van der Waals surface area contributed by atoms with E-state index in [2.05, 4.69) is 5.32 Å². The van der Waals surface area contributed by atoms with E-state index in [1.807, 2.05) is 6.92 Å². The zero-order chi connectivity index (χ0) is 14.8. The van der Waals surface area contributed by atoms with Crippen LogP contribution in [0.1, 0.15) is 29.3 Å². The Bertz CT molecular complexity index is 482. The van der Waals surface area contributed by atoms with Crippen molar-refractivity contribution in [3.63, 3.8) is 0 Å². The summed E-state index contributed by atoms with van der Waals surface area (Å²) in [7, 11) is 0. The highest BCUT2D eigenvalue weighted by molar-refractivity contribution is 5.94. The second kappa shape index (κ2) is 5.83. The lowest BCUT2D eigenvalue weighted by Crippen LogP contribution is -2.41. The summed E-state index contributed by atoms with van der Waals surface area (Å²) >= 11 is 0. The smallest absolute Gasteiger partial charge is 0.335 e. The van der Waals surface area contributed by atoms with Crippen LogP contribution in [0.2, 0.25) is 0 Å². The molecule has 1 fully saturated rings. The van der Waals surface area contributed by atoms with Crippen molar-refractivity contribution in [1.82, 2.24) is 10.2 Å². The molecular weight excluding hydrogens is 269 g/mol. The third kappa shape index (κ3) is 3.12. The number of carbonyl (C=O) groups excluding carboxylic acids is 1. The van der Waals surface area contributed by atoms with Crippen molar-refractivity contribution in [2.45, 2.75) is 25.6 Å². The fraction of sp³-hybridized carbons (Fsp3) is 0.500. The molecule has 0 aromatic heterocycles. The molecule has 1 aromatic rings. The Hall–Kier alpha value is -1.56. The maximum atomic E-state index is 12.7. The predicted octanol–water partition coefficient (Wildman–Crippen LogP) is 2.53. The summed E-state index contributed by atoms with van der Waals surface area (Å²) in [6.07, 6.45) is -3.60. The van der Waals surface area contributed by atoms with Crippen molar-refractivity contribution in [3.05, 3.63) is 35.4 Å². The first kappa shape index (κ1) is 14.8. The third-order valence-corrected chi connectivity index (χ3v) is 3.51. The largest absolute Gasteiger partial charge is 0.416 e. The van der Waals surface area contributed by atoms with Gasteiger partial charge in [-0.2, -0.15) is 13.2 Å². The third-order valence-electron chi connectivity index (χ3n) is 3.51. The van der Waals surface area contributed by atoms with Crippen molar-refractivity contribution in [2.75, 3.05) is 19.6 Å². The van der Waals surface area contributed by atoms with Crippen molar-refractivity contribution in [1.29, 1.82) is 0 Å². The maximum Gasteiger partial charge on any atom is 0.416 e. The van der Waals surface area contributed by atoms with Gasteiger partial charge in [-0.25, -0.2) is 0 Å². The molecule has 1 aromatic carbocycles. The van der Waals surface area contributed by atoms with Crippen LogP contribution in [0.15, 0.2) is 24.3 Å². The van der Waals surface area contributed by atoms with Gasteiger partial charge in [-0.15, -0.1) is 0 Å². The summed E-state index contributed by atoms with van der Waals surface area (Å²) in [6.45, 7) is 3.85. The Morgan fingerprint density at radius 3 is 2.75 bits per heavy atom. The molecule has 1 unspecified atom stereocenters. The molecule has 0 saturated carbocycles. The SMILES string of the molecule is CCN(C(=O)c1cccc(C(F)(F)F)c1)C1CCNC1. The average molecular weight is 286 g/mol. The molecular formula is C14H17F3N2O. The second-order valence-electron chi connectivity index (χ2n) is 4.82. The minimum Gasteiger partial charge on any atom is -0.335 e. The Balaban J connectivity index is 2.23. The molecule has 1 N–H and O–H groups in total. The lowest BCUT2D eigenvalue weighted by atomic mass is 10.1. The molecule has 0 aliphatic carbocycles. The molecule has 1 saturated heterocycles. The van der Waals surface area contributed by atoms with Crippen LogP contribution in [0.5, 0.6) is 0 Å². The van der Waals surface area contributed by atoms with E-state index in [0.29, 0.717) is 13.1 Å². The number of alkyl halides is 3. The second-order valence-corrected chi connectivity index (χ2v) is 4.82. The van der Waals surface area contributed by atoms with Crippen LogP contribution in [0.3, 0.4) is 0 Å². The Labute approximate surface area is 115 Å². The number of likely N-dealkylation sites (N-methyl/N-ethyl adjacent to an activating group) is 1. The number of benzene rings is 1. The van der Waals surface area contributed by atoms with E-state index < -0.39 is 11.7 Å². The fourth-order valence-corrected chi connectivity index (χ4v) is 2.47. The molecule has 1 amide bonds. The Morgan fingerprint density at radius 2 is 2.20 bits per heavy atom. The van der Waals surface area contributed by atoms with Crippen molar-refractivity contribution in [3.8, 4) is 0 Å². The van der Waals surface area contributed by atoms with E-state index in [-0.39, 0.29) is 17.5 Å². The van der Waals surface area contributed by atoms with Crippen LogP contribution in [0, 0.1) is 0 Å².